The maximum absolute atomic E-state index is 14.0. The predicted molar refractivity (Wildman–Crippen MR) is 72.6 cm³/mol. The minimum Gasteiger partial charge on any atom is -0.384 e. The molecule has 0 bridgehead atoms. The first-order valence-electron chi connectivity index (χ1n) is 6.61. The Balaban J connectivity index is 2.24. The van der Waals surface area contributed by atoms with Crippen molar-refractivity contribution >= 4 is 11.5 Å². The molecule has 1 saturated heterocycles. The number of hydrogen-bond donors (Lipinski definition) is 2. The van der Waals surface area contributed by atoms with Gasteiger partial charge in [-0.15, -0.1) is 0 Å². The number of nitrogens with zero attached hydrogens (tertiary/aromatic N) is 1. The highest BCUT2D eigenvalue weighted by Gasteiger charge is 2.23. The Kier molecular flexibility index (Phi) is 4.02. The molecule has 0 atom stereocenters. The smallest absolute Gasteiger partial charge is 0.150 e. The van der Waals surface area contributed by atoms with Crippen LogP contribution in [0.3, 0.4) is 0 Å². The number of anilines is 1. The molecule has 1 aliphatic heterocycles. The van der Waals surface area contributed by atoms with E-state index in [1.54, 1.807) is 4.90 Å². The van der Waals surface area contributed by atoms with Gasteiger partial charge in [0, 0.05) is 18.7 Å². The van der Waals surface area contributed by atoms with Gasteiger partial charge in [-0.1, -0.05) is 13.3 Å². The van der Waals surface area contributed by atoms with Crippen LogP contribution in [0.25, 0.3) is 0 Å². The molecule has 0 radical (unpaired) electrons. The van der Waals surface area contributed by atoms with E-state index in [1.165, 1.54) is 0 Å². The second-order valence-corrected chi connectivity index (χ2v) is 5.04. The maximum atomic E-state index is 14.0. The molecule has 0 aromatic heterocycles. The highest BCUT2D eigenvalue weighted by atomic mass is 19.1. The third-order valence-corrected chi connectivity index (χ3v) is 3.84. The fraction of sp³-hybridized carbons (Fsp3) is 0.500. The number of rotatable bonds is 3. The van der Waals surface area contributed by atoms with Crippen LogP contribution >= 0.6 is 0 Å². The average Bonchev–Trinajstić information content (AvgIpc) is 2.38. The van der Waals surface area contributed by atoms with Gasteiger partial charge in [0.05, 0.1) is 0 Å². The lowest BCUT2D eigenvalue weighted by molar-refractivity contribution is 0.389. The van der Waals surface area contributed by atoms with Gasteiger partial charge in [-0.2, -0.15) is 0 Å². The van der Waals surface area contributed by atoms with E-state index in [0.717, 1.165) is 31.4 Å². The van der Waals surface area contributed by atoms with E-state index in [-0.39, 0.29) is 17.1 Å². The molecule has 1 aromatic carbocycles. The van der Waals surface area contributed by atoms with Gasteiger partial charge in [0.1, 0.15) is 23.2 Å². The summed E-state index contributed by atoms with van der Waals surface area (Å²) in [6.07, 6.45) is 3.04. The van der Waals surface area contributed by atoms with Crippen molar-refractivity contribution in [1.29, 1.82) is 5.41 Å². The van der Waals surface area contributed by atoms with E-state index >= 15 is 0 Å². The minimum atomic E-state index is -0.639. The Labute approximate surface area is 111 Å². The zero-order valence-electron chi connectivity index (χ0n) is 11.0. The zero-order valence-corrected chi connectivity index (χ0v) is 11.0. The van der Waals surface area contributed by atoms with Gasteiger partial charge in [-0.05, 0) is 30.9 Å². The topological polar surface area (TPSA) is 53.1 Å². The van der Waals surface area contributed by atoms with Crippen LogP contribution in [0.1, 0.15) is 31.7 Å². The van der Waals surface area contributed by atoms with Gasteiger partial charge in [0.2, 0.25) is 0 Å². The largest absolute Gasteiger partial charge is 0.384 e. The fourth-order valence-corrected chi connectivity index (χ4v) is 2.59. The van der Waals surface area contributed by atoms with Gasteiger partial charge in [-0.25, -0.2) is 8.78 Å². The number of benzene rings is 1. The average molecular weight is 267 g/mol. The van der Waals surface area contributed by atoms with Crippen molar-refractivity contribution in [1.82, 2.24) is 0 Å². The highest BCUT2D eigenvalue weighted by molar-refractivity contribution is 5.95. The molecule has 0 amide bonds. The SMILES string of the molecule is CCC1CCN(c2c(F)cc(C(=N)N)cc2F)CC1. The van der Waals surface area contributed by atoms with Crippen molar-refractivity contribution in [3.8, 4) is 0 Å². The lowest BCUT2D eigenvalue weighted by Gasteiger charge is -2.33. The molecule has 0 aliphatic carbocycles. The first-order valence-corrected chi connectivity index (χ1v) is 6.61. The molecular formula is C14H19F2N3. The summed E-state index contributed by atoms with van der Waals surface area (Å²) < 4.78 is 28.0. The van der Waals surface area contributed by atoms with Crippen molar-refractivity contribution in [3.05, 3.63) is 29.3 Å². The lowest BCUT2D eigenvalue weighted by Crippen LogP contribution is -2.34. The van der Waals surface area contributed by atoms with Crippen molar-refractivity contribution in [2.24, 2.45) is 11.7 Å². The number of piperidine rings is 1. The molecule has 0 spiro atoms. The minimum absolute atomic E-state index is 0.0135. The number of nitrogens with two attached hydrogens (primary N) is 1. The van der Waals surface area contributed by atoms with Gasteiger partial charge in [0.15, 0.2) is 0 Å². The second-order valence-electron chi connectivity index (χ2n) is 5.04. The van der Waals surface area contributed by atoms with Crippen LogP contribution < -0.4 is 10.6 Å². The number of nitrogens with one attached hydrogen (secondary N) is 1. The Hall–Kier alpha value is -1.65. The van der Waals surface area contributed by atoms with Gasteiger partial charge in [-0.3, -0.25) is 5.41 Å². The molecule has 19 heavy (non-hydrogen) atoms. The van der Waals surface area contributed by atoms with E-state index < -0.39 is 11.6 Å². The van der Waals surface area contributed by atoms with Crippen molar-refractivity contribution in [2.45, 2.75) is 26.2 Å². The summed E-state index contributed by atoms with van der Waals surface area (Å²) in [4.78, 5) is 1.75. The maximum Gasteiger partial charge on any atom is 0.150 e. The lowest BCUT2D eigenvalue weighted by atomic mass is 9.94. The Bertz CT molecular complexity index is 457. The van der Waals surface area contributed by atoms with Gasteiger partial charge >= 0.3 is 0 Å². The molecule has 0 saturated carbocycles. The number of hydrogen-bond acceptors (Lipinski definition) is 2. The van der Waals surface area contributed by atoms with Crippen molar-refractivity contribution in [2.75, 3.05) is 18.0 Å². The molecule has 3 N–H and O–H groups in total. The molecule has 1 aliphatic rings. The van der Waals surface area contributed by atoms with Crippen LogP contribution in [0.4, 0.5) is 14.5 Å². The number of nitrogen functional groups attached to an aromatic ring is 1. The van der Waals surface area contributed by atoms with Gasteiger partial charge in [0.25, 0.3) is 0 Å². The predicted octanol–water partition coefficient (Wildman–Crippen LogP) is 2.88. The summed E-state index contributed by atoms with van der Waals surface area (Å²) in [6.45, 7) is 3.49. The van der Waals surface area contributed by atoms with E-state index in [2.05, 4.69) is 6.92 Å². The number of halogens is 2. The van der Waals surface area contributed by atoms with Crippen LogP contribution in [0.2, 0.25) is 0 Å². The van der Waals surface area contributed by atoms with Crippen LogP contribution in [-0.2, 0) is 0 Å². The van der Waals surface area contributed by atoms with Crippen LogP contribution in [-0.4, -0.2) is 18.9 Å². The van der Waals surface area contributed by atoms with Gasteiger partial charge < -0.3 is 10.6 Å². The summed E-state index contributed by atoms with van der Waals surface area (Å²) in [5.41, 5.74) is 5.35. The molecule has 1 fully saturated rings. The molecule has 1 aromatic rings. The third kappa shape index (κ3) is 2.85. The third-order valence-electron chi connectivity index (χ3n) is 3.84. The summed E-state index contributed by atoms with van der Waals surface area (Å²) in [7, 11) is 0. The molecule has 0 unspecified atom stereocenters. The van der Waals surface area contributed by atoms with Crippen LogP contribution in [0.15, 0.2) is 12.1 Å². The van der Waals surface area contributed by atoms with E-state index in [1.807, 2.05) is 0 Å². The Morgan fingerprint density at radius 3 is 2.26 bits per heavy atom. The quantitative estimate of drug-likeness (QED) is 0.653. The Morgan fingerprint density at radius 1 is 1.32 bits per heavy atom. The van der Waals surface area contributed by atoms with E-state index in [0.29, 0.717) is 19.0 Å². The van der Waals surface area contributed by atoms with Crippen LogP contribution in [0, 0.1) is 23.0 Å². The fourth-order valence-electron chi connectivity index (χ4n) is 2.59. The summed E-state index contributed by atoms with van der Waals surface area (Å²) in [5.74, 6) is -0.951. The van der Waals surface area contributed by atoms with Crippen molar-refractivity contribution < 1.29 is 8.78 Å². The van der Waals surface area contributed by atoms with Crippen LogP contribution in [0.5, 0.6) is 0 Å². The zero-order chi connectivity index (χ0) is 14.0. The summed E-state index contributed by atoms with van der Waals surface area (Å²) in [6, 6.07) is 2.26. The molecule has 1 heterocycles. The highest BCUT2D eigenvalue weighted by Crippen LogP contribution is 2.30. The summed E-state index contributed by atoms with van der Waals surface area (Å²) >= 11 is 0. The molecule has 5 heteroatoms. The molecular weight excluding hydrogens is 248 g/mol. The number of amidine groups is 1. The monoisotopic (exact) mass is 267 g/mol. The summed E-state index contributed by atoms with van der Waals surface area (Å²) in [5, 5.41) is 7.23. The van der Waals surface area contributed by atoms with E-state index in [4.69, 9.17) is 11.1 Å². The molecule has 2 rings (SSSR count). The first kappa shape index (κ1) is 13.8. The standard InChI is InChI=1S/C14H19F2N3/c1-2-9-3-5-19(6-4-9)13-11(15)7-10(14(17)18)8-12(13)16/h7-9H,2-6H2,1H3,(H3,17,18). The first-order chi connectivity index (χ1) is 9.02. The van der Waals surface area contributed by atoms with Crippen molar-refractivity contribution in [3.63, 3.8) is 0 Å². The van der Waals surface area contributed by atoms with E-state index in [9.17, 15) is 8.78 Å². The molecule has 3 nitrogen and oxygen atoms in total. The normalized spacial score (nSPS) is 16.7. The second kappa shape index (κ2) is 5.55. The Morgan fingerprint density at radius 2 is 1.84 bits per heavy atom. The molecule has 104 valence electrons.